The summed E-state index contributed by atoms with van der Waals surface area (Å²) in [6.07, 6.45) is -2.26. The van der Waals surface area contributed by atoms with E-state index in [1.165, 1.54) is 0 Å². The van der Waals surface area contributed by atoms with Crippen LogP contribution in [0.1, 0.15) is 17.7 Å². The third kappa shape index (κ3) is 2.76. The van der Waals surface area contributed by atoms with Gasteiger partial charge in [0.1, 0.15) is 5.69 Å². The van der Waals surface area contributed by atoms with E-state index in [-0.39, 0.29) is 10.6 Å². The Morgan fingerprint density at radius 2 is 2.07 bits per heavy atom. The zero-order valence-electron chi connectivity index (χ0n) is 7.18. The molecule has 1 heterocycles. The molecule has 82 valence electrons. The average Bonchev–Trinajstić information content (AvgIpc) is 2.12. The van der Waals surface area contributed by atoms with Crippen molar-refractivity contribution < 1.29 is 18.7 Å². The van der Waals surface area contributed by atoms with Gasteiger partial charge in [0.25, 0.3) is 6.43 Å². The molecule has 1 aromatic heterocycles. The number of nitrogens with zero attached hydrogens (tertiary/aromatic N) is 1. The van der Waals surface area contributed by atoms with Crippen molar-refractivity contribution in [3.8, 4) is 0 Å². The van der Waals surface area contributed by atoms with Gasteiger partial charge in [0.2, 0.25) is 0 Å². The predicted octanol–water partition coefficient (Wildman–Crippen LogP) is 2.95. The highest BCUT2D eigenvalue weighted by Crippen LogP contribution is 2.33. The number of pyridine rings is 1. The lowest BCUT2D eigenvalue weighted by molar-refractivity contribution is -0.136. The maximum Gasteiger partial charge on any atom is 0.307 e. The monoisotopic (exact) mass is 255 g/mol. The number of hydrogen-bond acceptors (Lipinski definition) is 2. The molecule has 1 rings (SSSR count). The number of carbonyl (C=O) groups is 1. The highest BCUT2D eigenvalue weighted by atomic mass is 35.5. The Balaban J connectivity index is 3.15. The number of halogens is 4. The number of carboxylic acid groups (broad SMARTS) is 1. The molecule has 0 amide bonds. The first-order valence-corrected chi connectivity index (χ1v) is 4.51. The summed E-state index contributed by atoms with van der Waals surface area (Å²) in [4.78, 5) is 13.7. The standard InChI is InChI=1S/C8H5Cl2F2NO2/c9-5-3(1-4(14)15)2-13-7(6(5)10)8(11)12/h2,8H,1H2,(H,14,15). The zero-order chi connectivity index (χ0) is 11.6. The molecular weight excluding hydrogens is 251 g/mol. The lowest BCUT2D eigenvalue weighted by Crippen LogP contribution is -2.03. The number of alkyl halides is 2. The highest BCUT2D eigenvalue weighted by Gasteiger charge is 2.19. The molecule has 0 aliphatic carbocycles. The first-order valence-electron chi connectivity index (χ1n) is 3.76. The molecular formula is C8H5Cl2F2NO2. The molecule has 0 bridgehead atoms. The van der Waals surface area contributed by atoms with Gasteiger partial charge in [0, 0.05) is 11.8 Å². The average molecular weight is 256 g/mol. The molecule has 0 atom stereocenters. The SMILES string of the molecule is O=C(O)Cc1cnc(C(F)F)c(Cl)c1Cl. The van der Waals surface area contributed by atoms with Crippen LogP contribution in [-0.4, -0.2) is 16.1 Å². The third-order valence-electron chi connectivity index (χ3n) is 1.61. The van der Waals surface area contributed by atoms with E-state index in [0.29, 0.717) is 0 Å². The van der Waals surface area contributed by atoms with E-state index < -0.39 is 29.5 Å². The molecule has 0 saturated carbocycles. The van der Waals surface area contributed by atoms with E-state index in [1.54, 1.807) is 0 Å². The van der Waals surface area contributed by atoms with E-state index in [4.69, 9.17) is 28.3 Å². The van der Waals surface area contributed by atoms with E-state index in [0.717, 1.165) is 6.20 Å². The second-order valence-electron chi connectivity index (χ2n) is 2.67. The first kappa shape index (κ1) is 12.1. The molecule has 1 N–H and O–H groups in total. The number of hydrogen-bond donors (Lipinski definition) is 1. The van der Waals surface area contributed by atoms with Crippen LogP contribution >= 0.6 is 23.2 Å². The van der Waals surface area contributed by atoms with Crippen molar-refractivity contribution in [2.45, 2.75) is 12.8 Å². The topological polar surface area (TPSA) is 50.2 Å². The van der Waals surface area contributed by atoms with Gasteiger partial charge in [-0.05, 0) is 0 Å². The Bertz CT molecular complexity index is 398. The summed E-state index contributed by atoms with van der Waals surface area (Å²) in [7, 11) is 0. The molecule has 7 heteroatoms. The smallest absolute Gasteiger partial charge is 0.307 e. The van der Waals surface area contributed by atoms with Gasteiger partial charge in [-0.25, -0.2) is 8.78 Å². The van der Waals surface area contributed by atoms with Gasteiger partial charge in [-0.3, -0.25) is 9.78 Å². The number of carboxylic acids is 1. The second kappa shape index (κ2) is 4.72. The summed E-state index contributed by atoms with van der Waals surface area (Å²) in [6, 6.07) is 0. The van der Waals surface area contributed by atoms with Crippen molar-refractivity contribution in [3.63, 3.8) is 0 Å². The van der Waals surface area contributed by atoms with Gasteiger partial charge in [0.15, 0.2) is 0 Å². The van der Waals surface area contributed by atoms with Crippen molar-refractivity contribution in [3.05, 3.63) is 27.5 Å². The molecule has 0 aliphatic rings. The number of aliphatic carboxylic acids is 1. The maximum atomic E-state index is 12.3. The Labute approximate surface area is 93.6 Å². The third-order valence-corrected chi connectivity index (χ3v) is 2.52. The van der Waals surface area contributed by atoms with Crippen molar-refractivity contribution in [1.29, 1.82) is 0 Å². The lowest BCUT2D eigenvalue weighted by Gasteiger charge is -2.07. The quantitative estimate of drug-likeness (QED) is 0.904. The van der Waals surface area contributed by atoms with E-state index in [1.807, 2.05) is 0 Å². The van der Waals surface area contributed by atoms with Gasteiger partial charge in [-0.2, -0.15) is 0 Å². The van der Waals surface area contributed by atoms with Crippen LogP contribution in [0.4, 0.5) is 8.78 Å². The first-order chi connectivity index (χ1) is 6.93. The van der Waals surface area contributed by atoms with Gasteiger partial charge in [-0.15, -0.1) is 0 Å². The highest BCUT2D eigenvalue weighted by molar-refractivity contribution is 6.42. The van der Waals surface area contributed by atoms with E-state index in [2.05, 4.69) is 4.98 Å². The molecule has 15 heavy (non-hydrogen) atoms. The fourth-order valence-electron chi connectivity index (χ4n) is 0.953. The van der Waals surface area contributed by atoms with E-state index in [9.17, 15) is 13.6 Å². The van der Waals surface area contributed by atoms with Crippen LogP contribution < -0.4 is 0 Å². The summed E-state index contributed by atoms with van der Waals surface area (Å²) in [5, 5.41) is 7.89. The molecule has 0 unspecified atom stereocenters. The molecule has 0 fully saturated rings. The van der Waals surface area contributed by atoms with Crippen molar-refractivity contribution in [1.82, 2.24) is 4.98 Å². The van der Waals surface area contributed by atoms with Gasteiger partial charge in [-0.1, -0.05) is 23.2 Å². The van der Waals surface area contributed by atoms with Crippen molar-refractivity contribution >= 4 is 29.2 Å². The van der Waals surface area contributed by atoms with Crippen LogP contribution in [0.2, 0.25) is 10.0 Å². The van der Waals surface area contributed by atoms with Gasteiger partial charge >= 0.3 is 5.97 Å². The summed E-state index contributed by atoms with van der Waals surface area (Å²) < 4.78 is 24.6. The van der Waals surface area contributed by atoms with Crippen LogP contribution in [0, 0.1) is 0 Å². The van der Waals surface area contributed by atoms with E-state index >= 15 is 0 Å². The summed E-state index contributed by atoms with van der Waals surface area (Å²) in [5.41, 5.74) is -0.533. The Hall–Kier alpha value is -0.940. The normalized spacial score (nSPS) is 10.7. The van der Waals surface area contributed by atoms with Gasteiger partial charge in [0.05, 0.1) is 16.5 Å². The Kier molecular flexibility index (Phi) is 3.82. The predicted molar refractivity (Wildman–Crippen MR) is 50.6 cm³/mol. The van der Waals surface area contributed by atoms with Crippen molar-refractivity contribution in [2.24, 2.45) is 0 Å². The molecule has 0 aliphatic heterocycles. The van der Waals surface area contributed by atoms with Crippen LogP contribution in [-0.2, 0) is 11.2 Å². The molecule has 1 aromatic rings. The second-order valence-corrected chi connectivity index (χ2v) is 3.42. The molecule has 0 radical (unpaired) electrons. The van der Waals surface area contributed by atoms with Crippen LogP contribution in [0.3, 0.4) is 0 Å². The molecule has 0 aromatic carbocycles. The fourth-order valence-corrected chi connectivity index (χ4v) is 1.42. The molecule has 0 saturated heterocycles. The number of rotatable bonds is 3. The minimum absolute atomic E-state index is 0.110. The molecule has 3 nitrogen and oxygen atoms in total. The minimum atomic E-state index is -2.84. The van der Waals surface area contributed by atoms with Crippen LogP contribution in [0.25, 0.3) is 0 Å². The largest absolute Gasteiger partial charge is 0.481 e. The fraction of sp³-hybridized carbons (Fsp3) is 0.250. The molecule has 0 spiro atoms. The minimum Gasteiger partial charge on any atom is -0.481 e. The van der Waals surface area contributed by atoms with Crippen molar-refractivity contribution in [2.75, 3.05) is 0 Å². The van der Waals surface area contributed by atoms with Crippen LogP contribution in [0.5, 0.6) is 0 Å². The number of aromatic nitrogens is 1. The maximum absolute atomic E-state index is 12.3. The zero-order valence-corrected chi connectivity index (χ0v) is 8.69. The summed E-state index contributed by atoms with van der Waals surface area (Å²) in [6.45, 7) is 0. The summed E-state index contributed by atoms with van der Waals surface area (Å²) in [5.74, 6) is -1.14. The summed E-state index contributed by atoms with van der Waals surface area (Å²) >= 11 is 11.1. The van der Waals surface area contributed by atoms with Crippen LogP contribution in [0.15, 0.2) is 6.20 Å². The van der Waals surface area contributed by atoms with Gasteiger partial charge < -0.3 is 5.11 Å². The Morgan fingerprint density at radius 1 is 1.47 bits per heavy atom. The Morgan fingerprint density at radius 3 is 2.53 bits per heavy atom. The lowest BCUT2D eigenvalue weighted by atomic mass is 10.2.